The number of benzene rings is 2. The quantitative estimate of drug-likeness (QED) is 0.768. The first kappa shape index (κ1) is 15.6. The van der Waals surface area contributed by atoms with Crippen LogP contribution >= 0.6 is 0 Å². The molecule has 0 aliphatic heterocycles. The van der Waals surface area contributed by atoms with Gasteiger partial charge in [-0.2, -0.15) is 0 Å². The van der Waals surface area contributed by atoms with E-state index in [0.717, 1.165) is 11.1 Å². The Balaban J connectivity index is 1.93. The zero-order valence-electron chi connectivity index (χ0n) is 13.0. The number of hydrogen-bond acceptors (Lipinski definition) is 4. The van der Waals surface area contributed by atoms with E-state index in [1.54, 1.807) is 18.2 Å². The Kier molecular flexibility index (Phi) is 4.09. The Labute approximate surface area is 135 Å². The van der Waals surface area contributed by atoms with Gasteiger partial charge in [0.2, 0.25) is 15.9 Å². The van der Waals surface area contributed by atoms with Gasteiger partial charge in [-0.25, -0.2) is 13.4 Å². The van der Waals surface area contributed by atoms with Crippen molar-refractivity contribution in [2.75, 3.05) is 10.5 Å². The molecule has 1 heterocycles. The highest BCUT2D eigenvalue weighted by Crippen LogP contribution is 2.26. The van der Waals surface area contributed by atoms with Gasteiger partial charge in [-0.3, -0.25) is 4.72 Å². The highest BCUT2D eigenvalue weighted by molar-refractivity contribution is 7.92. The number of aromatic nitrogens is 1. The maximum atomic E-state index is 11.8. The third-order valence-corrected chi connectivity index (χ3v) is 4.92. The lowest BCUT2D eigenvalue weighted by molar-refractivity contribution is 0.600. The maximum absolute atomic E-state index is 11.8. The van der Waals surface area contributed by atoms with Crippen LogP contribution in [0, 0.1) is 6.92 Å². The van der Waals surface area contributed by atoms with E-state index in [0.29, 0.717) is 29.1 Å². The van der Waals surface area contributed by atoms with E-state index in [1.807, 2.05) is 38.1 Å². The molecular weight excluding hydrogens is 312 g/mol. The van der Waals surface area contributed by atoms with Crippen LogP contribution in [0.5, 0.6) is 0 Å². The maximum Gasteiger partial charge on any atom is 0.232 e. The molecule has 0 amide bonds. The highest BCUT2D eigenvalue weighted by Gasteiger charge is 2.12. The first-order chi connectivity index (χ1) is 11.0. The van der Waals surface area contributed by atoms with Crippen molar-refractivity contribution >= 4 is 26.8 Å². The number of oxazole rings is 1. The smallest absolute Gasteiger partial charge is 0.232 e. The van der Waals surface area contributed by atoms with Crippen molar-refractivity contribution < 1.29 is 12.8 Å². The third kappa shape index (κ3) is 3.53. The molecule has 0 saturated heterocycles. The van der Waals surface area contributed by atoms with Crippen molar-refractivity contribution in [3.8, 4) is 11.5 Å². The van der Waals surface area contributed by atoms with Gasteiger partial charge in [0, 0.05) is 5.56 Å². The van der Waals surface area contributed by atoms with E-state index in [9.17, 15) is 8.42 Å². The van der Waals surface area contributed by atoms with Gasteiger partial charge in [-0.15, -0.1) is 0 Å². The van der Waals surface area contributed by atoms with E-state index in [4.69, 9.17) is 4.42 Å². The Morgan fingerprint density at radius 2 is 1.87 bits per heavy atom. The van der Waals surface area contributed by atoms with Gasteiger partial charge in [0.1, 0.15) is 5.52 Å². The average Bonchev–Trinajstić information content (AvgIpc) is 2.90. The van der Waals surface area contributed by atoms with Gasteiger partial charge in [-0.05, 0) is 43.7 Å². The number of sulfonamides is 1. The fourth-order valence-corrected chi connectivity index (χ4v) is 3.44. The lowest BCUT2D eigenvalue weighted by Gasteiger charge is -2.05. The molecule has 6 heteroatoms. The number of nitrogens with zero attached hydrogens (tertiary/aromatic N) is 1. The van der Waals surface area contributed by atoms with E-state index >= 15 is 0 Å². The van der Waals surface area contributed by atoms with Crippen molar-refractivity contribution in [2.24, 2.45) is 0 Å². The van der Waals surface area contributed by atoms with Gasteiger partial charge >= 0.3 is 0 Å². The van der Waals surface area contributed by atoms with Crippen LogP contribution in [-0.2, 0) is 10.0 Å². The zero-order chi connectivity index (χ0) is 16.4. The fraction of sp³-hybridized carbons (Fsp3) is 0.235. The number of aryl methyl sites for hydroxylation is 1. The molecule has 5 nitrogen and oxygen atoms in total. The average molecular weight is 330 g/mol. The molecule has 0 saturated carbocycles. The van der Waals surface area contributed by atoms with Crippen LogP contribution in [0.3, 0.4) is 0 Å². The second kappa shape index (κ2) is 6.04. The summed E-state index contributed by atoms with van der Waals surface area (Å²) in [5.74, 6) is 0.618. The van der Waals surface area contributed by atoms with Gasteiger partial charge < -0.3 is 4.42 Å². The topological polar surface area (TPSA) is 72.2 Å². The summed E-state index contributed by atoms with van der Waals surface area (Å²) in [4.78, 5) is 4.45. The molecule has 0 aliphatic rings. The summed E-state index contributed by atoms with van der Waals surface area (Å²) in [6.45, 7) is 3.85. The van der Waals surface area contributed by atoms with Crippen LogP contribution in [0.4, 0.5) is 5.69 Å². The van der Waals surface area contributed by atoms with Crippen molar-refractivity contribution in [2.45, 2.75) is 20.3 Å². The first-order valence-corrected chi connectivity index (χ1v) is 9.10. The second-order valence-corrected chi connectivity index (χ2v) is 7.33. The van der Waals surface area contributed by atoms with E-state index in [2.05, 4.69) is 9.71 Å². The molecule has 120 valence electrons. The minimum atomic E-state index is -3.31. The van der Waals surface area contributed by atoms with Crippen molar-refractivity contribution in [1.29, 1.82) is 0 Å². The molecule has 23 heavy (non-hydrogen) atoms. The van der Waals surface area contributed by atoms with Crippen LogP contribution < -0.4 is 4.72 Å². The molecular formula is C17H18N2O3S. The highest BCUT2D eigenvalue weighted by atomic mass is 32.2. The molecule has 0 aliphatic carbocycles. The number of hydrogen-bond donors (Lipinski definition) is 1. The summed E-state index contributed by atoms with van der Waals surface area (Å²) in [5.41, 5.74) is 3.79. The second-order valence-electron chi connectivity index (χ2n) is 5.49. The molecule has 0 fully saturated rings. The number of rotatable bonds is 5. The first-order valence-electron chi connectivity index (χ1n) is 7.45. The summed E-state index contributed by atoms with van der Waals surface area (Å²) >= 11 is 0. The summed E-state index contributed by atoms with van der Waals surface area (Å²) in [6.07, 6.45) is 0.569. The van der Waals surface area contributed by atoms with Crippen LogP contribution in [0.15, 0.2) is 46.9 Å². The van der Waals surface area contributed by atoms with Crippen LogP contribution in [0.25, 0.3) is 22.6 Å². The zero-order valence-corrected chi connectivity index (χ0v) is 13.9. The van der Waals surface area contributed by atoms with E-state index < -0.39 is 10.0 Å². The number of nitrogens with one attached hydrogen (secondary N) is 1. The molecule has 1 aromatic heterocycles. The van der Waals surface area contributed by atoms with Crippen molar-refractivity contribution in [3.63, 3.8) is 0 Å². The van der Waals surface area contributed by atoms with Crippen LogP contribution in [-0.4, -0.2) is 19.2 Å². The van der Waals surface area contributed by atoms with E-state index in [1.165, 1.54) is 0 Å². The predicted molar refractivity (Wildman–Crippen MR) is 91.9 cm³/mol. The number of anilines is 1. The van der Waals surface area contributed by atoms with Gasteiger partial charge in [-0.1, -0.05) is 24.6 Å². The minimum Gasteiger partial charge on any atom is -0.436 e. The summed E-state index contributed by atoms with van der Waals surface area (Å²) < 4.78 is 32.0. The molecule has 1 N–H and O–H groups in total. The molecule has 0 radical (unpaired) electrons. The Bertz CT molecular complexity index is 928. The fourth-order valence-electron chi connectivity index (χ4n) is 2.31. The summed E-state index contributed by atoms with van der Waals surface area (Å²) in [7, 11) is -3.31. The number of fused-ring (bicyclic) bond motifs is 1. The van der Waals surface area contributed by atoms with Crippen molar-refractivity contribution in [3.05, 3.63) is 48.0 Å². The monoisotopic (exact) mass is 330 g/mol. The standard InChI is InChI=1S/C17H18N2O3S/c1-3-10-23(20,21)19-14-8-9-16-15(11-14)18-17(22-16)13-6-4-12(2)5-7-13/h4-9,11,19H,3,10H2,1-2H3. The largest absolute Gasteiger partial charge is 0.436 e. The van der Waals surface area contributed by atoms with Gasteiger partial charge in [0.15, 0.2) is 5.58 Å². The Hall–Kier alpha value is -2.34. The Morgan fingerprint density at radius 1 is 1.13 bits per heavy atom. The predicted octanol–water partition coefficient (Wildman–Crippen LogP) is 3.95. The Morgan fingerprint density at radius 3 is 2.57 bits per heavy atom. The summed E-state index contributed by atoms with van der Waals surface area (Å²) in [5, 5.41) is 0. The molecule has 0 unspecified atom stereocenters. The van der Waals surface area contributed by atoms with Crippen molar-refractivity contribution in [1.82, 2.24) is 4.98 Å². The summed E-state index contributed by atoms with van der Waals surface area (Å²) in [6, 6.07) is 13.0. The normalized spacial score (nSPS) is 11.7. The molecule has 3 aromatic rings. The van der Waals surface area contributed by atoms with Gasteiger partial charge in [0.05, 0.1) is 11.4 Å². The minimum absolute atomic E-state index is 0.0957. The molecule has 0 bridgehead atoms. The van der Waals surface area contributed by atoms with E-state index in [-0.39, 0.29) is 5.75 Å². The van der Waals surface area contributed by atoms with Gasteiger partial charge in [0.25, 0.3) is 0 Å². The molecule has 0 atom stereocenters. The molecule has 2 aromatic carbocycles. The third-order valence-electron chi connectivity index (χ3n) is 3.43. The SMILES string of the molecule is CCCS(=O)(=O)Nc1ccc2oc(-c3ccc(C)cc3)nc2c1. The molecule has 3 rings (SSSR count). The lowest BCUT2D eigenvalue weighted by Crippen LogP contribution is -2.15. The van der Waals surface area contributed by atoms with Crippen LogP contribution in [0.1, 0.15) is 18.9 Å². The van der Waals surface area contributed by atoms with Crippen LogP contribution in [0.2, 0.25) is 0 Å². The lowest BCUT2D eigenvalue weighted by atomic mass is 10.1. The molecule has 0 spiro atoms.